The van der Waals surface area contributed by atoms with Gasteiger partial charge in [0.2, 0.25) is 0 Å². The maximum absolute atomic E-state index is 9.69. The molecular weight excluding hydrogens is 206 g/mol. The van der Waals surface area contributed by atoms with Crippen molar-refractivity contribution in [1.29, 1.82) is 0 Å². The highest BCUT2D eigenvalue weighted by Gasteiger charge is 2.31. The molecule has 96 valence electrons. The zero-order chi connectivity index (χ0) is 12.3. The van der Waals surface area contributed by atoms with Crippen molar-refractivity contribution in [2.75, 3.05) is 26.2 Å². The highest BCUT2D eigenvalue weighted by Crippen LogP contribution is 2.24. The summed E-state index contributed by atoms with van der Waals surface area (Å²) in [7, 11) is 0. The molecule has 0 aliphatic carbocycles. The fourth-order valence-electron chi connectivity index (χ4n) is 2.08. The number of hydrogen-bond acceptors (Lipinski definition) is 4. The number of aliphatic hydroxyl groups is 2. The average molecular weight is 231 g/mol. The van der Waals surface area contributed by atoms with Crippen molar-refractivity contribution in [3.63, 3.8) is 0 Å². The Balaban J connectivity index is 2.53. The van der Waals surface area contributed by atoms with E-state index >= 15 is 0 Å². The largest absolute Gasteiger partial charge is 0.394 e. The van der Waals surface area contributed by atoms with Crippen LogP contribution >= 0.6 is 0 Å². The van der Waals surface area contributed by atoms with E-state index in [9.17, 15) is 5.11 Å². The van der Waals surface area contributed by atoms with Crippen LogP contribution in [0.25, 0.3) is 0 Å². The minimum atomic E-state index is -0.335. The van der Waals surface area contributed by atoms with Gasteiger partial charge >= 0.3 is 0 Å². The molecule has 3 unspecified atom stereocenters. The quantitative estimate of drug-likeness (QED) is 0.739. The van der Waals surface area contributed by atoms with Crippen LogP contribution in [0.1, 0.15) is 27.7 Å². The number of hydrogen-bond donors (Lipinski definition) is 2. The van der Waals surface area contributed by atoms with Gasteiger partial charge in [-0.3, -0.25) is 4.90 Å². The summed E-state index contributed by atoms with van der Waals surface area (Å²) in [5.41, 5.74) is -0.128. The molecule has 1 heterocycles. The molecule has 4 heteroatoms. The van der Waals surface area contributed by atoms with Gasteiger partial charge in [-0.2, -0.15) is 0 Å². The number of aliphatic hydroxyl groups excluding tert-OH is 2. The molecule has 0 aromatic heterocycles. The van der Waals surface area contributed by atoms with Gasteiger partial charge in [-0.05, 0) is 13.8 Å². The molecule has 1 fully saturated rings. The lowest BCUT2D eigenvalue weighted by molar-refractivity contribution is -0.107. The summed E-state index contributed by atoms with van der Waals surface area (Å²) in [6, 6.07) is 0. The highest BCUT2D eigenvalue weighted by molar-refractivity contribution is 4.83. The molecule has 1 saturated heterocycles. The summed E-state index contributed by atoms with van der Waals surface area (Å²) >= 11 is 0. The second kappa shape index (κ2) is 5.45. The fraction of sp³-hybridized carbons (Fsp3) is 1.00. The Kier molecular flexibility index (Phi) is 4.73. The van der Waals surface area contributed by atoms with Gasteiger partial charge in [0.15, 0.2) is 0 Å². The summed E-state index contributed by atoms with van der Waals surface area (Å²) in [6.45, 7) is 10.5. The normalized spacial score (nSPS) is 30.4. The molecule has 0 bridgehead atoms. The smallest absolute Gasteiger partial charge is 0.0936 e. The van der Waals surface area contributed by atoms with E-state index in [1.165, 1.54) is 0 Å². The molecule has 16 heavy (non-hydrogen) atoms. The third-order valence-electron chi connectivity index (χ3n) is 3.37. The second-order valence-electron chi connectivity index (χ2n) is 5.61. The molecule has 2 N–H and O–H groups in total. The van der Waals surface area contributed by atoms with Crippen LogP contribution in [0, 0.1) is 5.41 Å². The molecule has 1 rings (SSSR count). The summed E-state index contributed by atoms with van der Waals surface area (Å²) in [6.07, 6.45) is -0.275. The van der Waals surface area contributed by atoms with Gasteiger partial charge in [-0.15, -0.1) is 0 Å². The van der Waals surface area contributed by atoms with Crippen molar-refractivity contribution in [2.45, 2.75) is 46.0 Å². The summed E-state index contributed by atoms with van der Waals surface area (Å²) < 4.78 is 5.59. The first-order valence-corrected chi connectivity index (χ1v) is 6.02. The zero-order valence-corrected chi connectivity index (χ0v) is 10.8. The topological polar surface area (TPSA) is 52.9 Å². The first-order chi connectivity index (χ1) is 7.35. The van der Waals surface area contributed by atoms with E-state index in [4.69, 9.17) is 9.84 Å². The number of nitrogens with zero attached hydrogens (tertiary/aromatic N) is 1. The lowest BCUT2D eigenvalue weighted by Crippen LogP contribution is -2.52. The SMILES string of the molecule is CC1CN(CC(C)(C)C(C)O)CC(CO)O1. The number of morpholine rings is 1. The molecule has 3 atom stereocenters. The predicted molar refractivity (Wildman–Crippen MR) is 63.3 cm³/mol. The van der Waals surface area contributed by atoms with E-state index in [0.717, 1.165) is 19.6 Å². The third kappa shape index (κ3) is 3.70. The molecule has 0 aromatic rings. The summed E-state index contributed by atoms with van der Waals surface area (Å²) in [5, 5.41) is 18.8. The van der Waals surface area contributed by atoms with Crippen molar-refractivity contribution in [1.82, 2.24) is 4.90 Å². The average Bonchev–Trinajstić information content (AvgIpc) is 2.15. The maximum Gasteiger partial charge on any atom is 0.0936 e. The second-order valence-corrected chi connectivity index (χ2v) is 5.61. The van der Waals surface area contributed by atoms with Crippen molar-refractivity contribution in [3.05, 3.63) is 0 Å². The van der Waals surface area contributed by atoms with E-state index in [2.05, 4.69) is 18.7 Å². The van der Waals surface area contributed by atoms with Crippen molar-refractivity contribution < 1.29 is 14.9 Å². The maximum atomic E-state index is 9.69. The van der Waals surface area contributed by atoms with Gasteiger partial charge in [-0.1, -0.05) is 13.8 Å². The zero-order valence-electron chi connectivity index (χ0n) is 10.8. The van der Waals surface area contributed by atoms with E-state index < -0.39 is 0 Å². The van der Waals surface area contributed by atoms with E-state index in [-0.39, 0.29) is 30.3 Å². The molecule has 4 nitrogen and oxygen atoms in total. The van der Waals surface area contributed by atoms with Gasteiger partial charge < -0.3 is 14.9 Å². The molecule has 0 saturated carbocycles. The first kappa shape index (κ1) is 13.9. The molecule has 1 aliphatic heterocycles. The van der Waals surface area contributed by atoms with Crippen LogP contribution in [0.15, 0.2) is 0 Å². The van der Waals surface area contributed by atoms with Crippen LogP contribution in [-0.2, 0) is 4.74 Å². The van der Waals surface area contributed by atoms with Crippen LogP contribution in [-0.4, -0.2) is 59.7 Å². The Labute approximate surface area is 98.2 Å². The lowest BCUT2D eigenvalue weighted by atomic mass is 9.86. The molecule has 0 aromatic carbocycles. The molecule has 0 spiro atoms. The molecule has 0 radical (unpaired) electrons. The van der Waals surface area contributed by atoms with Crippen molar-refractivity contribution in [3.8, 4) is 0 Å². The minimum Gasteiger partial charge on any atom is -0.394 e. The van der Waals surface area contributed by atoms with Gasteiger partial charge in [0.05, 0.1) is 24.9 Å². The van der Waals surface area contributed by atoms with Crippen LogP contribution in [0.5, 0.6) is 0 Å². The van der Waals surface area contributed by atoms with Crippen LogP contribution < -0.4 is 0 Å². The van der Waals surface area contributed by atoms with Gasteiger partial charge in [0, 0.05) is 25.0 Å². The fourth-order valence-corrected chi connectivity index (χ4v) is 2.08. The molecular formula is C12H25NO3. The summed E-state index contributed by atoms with van der Waals surface area (Å²) in [5.74, 6) is 0. The lowest BCUT2D eigenvalue weighted by Gasteiger charge is -2.41. The Hall–Kier alpha value is -0.160. The monoisotopic (exact) mass is 231 g/mol. The number of rotatable bonds is 4. The van der Waals surface area contributed by atoms with Crippen LogP contribution in [0.3, 0.4) is 0 Å². The van der Waals surface area contributed by atoms with Crippen LogP contribution in [0.4, 0.5) is 0 Å². The van der Waals surface area contributed by atoms with E-state index in [1.807, 2.05) is 13.8 Å². The molecule has 0 amide bonds. The van der Waals surface area contributed by atoms with Crippen molar-refractivity contribution in [2.24, 2.45) is 5.41 Å². The Morgan fingerprint density at radius 2 is 2.06 bits per heavy atom. The van der Waals surface area contributed by atoms with Gasteiger partial charge in [-0.25, -0.2) is 0 Å². The third-order valence-corrected chi connectivity index (χ3v) is 3.37. The standard InChI is InChI=1S/C12H25NO3/c1-9-5-13(6-11(7-14)16-9)8-12(3,4)10(2)15/h9-11,14-15H,5-8H2,1-4H3. The van der Waals surface area contributed by atoms with Gasteiger partial charge in [0.1, 0.15) is 0 Å². The number of ether oxygens (including phenoxy) is 1. The van der Waals surface area contributed by atoms with Crippen LogP contribution in [0.2, 0.25) is 0 Å². The highest BCUT2D eigenvalue weighted by atomic mass is 16.5. The Morgan fingerprint density at radius 1 is 1.44 bits per heavy atom. The first-order valence-electron chi connectivity index (χ1n) is 6.02. The van der Waals surface area contributed by atoms with E-state index in [0.29, 0.717) is 0 Å². The predicted octanol–water partition coefficient (Wildman–Crippen LogP) is 0.475. The van der Waals surface area contributed by atoms with E-state index in [1.54, 1.807) is 0 Å². The summed E-state index contributed by atoms with van der Waals surface area (Å²) in [4.78, 5) is 2.27. The van der Waals surface area contributed by atoms with Crippen molar-refractivity contribution >= 4 is 0 Å². The Bertz CT molecular complexity index is 218. The Morgan fingerprint density at radius 3 is 2.56 bits per heavy atom. The molecule has 1 aliphatic rings. The minimum absolute atomic E-state index is 0.0654. The van der Waals surface area contributed by atoms with Gasteiger partial charge in [0.25, 0.3) is 0 Å².